The summed E-state index contributed by atoms with van der Waals surface area (Å²) in [6.07, 6.45) is 0.935. The number of hydrogen-bond acceptors (Lipinski definition) is 2. The minimum atomic E-state index is 0.112. The molecule has 0 aromatic heterocycles. The van der Waals surface area contributed by atoms with Crippen LogP contribution in [0.1, 0.15) is 6.42 Å². The fourth-order valence-corrected chi connectivity index (χ4v) is 1.59. The van der Waals surface area contributed by atoms with Gasteiger partial charge in [0, 0.05) is 12.2 Å². The molecule has 0 saturated carbocycles. The Morgan fingerprint density at radius 3 is 2.93 bits per heavy atom. The molecule has 1 saturated heterocycles. The van der Waals surface area contributed by atoms with Gasteiger partial charge in [-0.1, -0.05) is 12.1 Å². The van der Waals surface area contributed by atoms with Crippen LogP contribution in [0.25, 0.3) is 0 Å². The summed E-state index contributed by atoms with van der Waals surface area (Å²) in [5.74, 6) is 0.236. The Labute approximate surface area is 83.5 Å². The zero-order valence-corrected chi connectivity index (χ0v) is 7.92. The Morgan fingerprint density at radius 1 is 1.50 bits per heavy atom. The molecule has 1 amide bonds. The Bertz CT molecular complexity index is 304. The van der Waals surface area contributed by atoms with E-state index in [0.717, 1.165) is 25.2 Å². The molecule has 1 aromatic carbocycles. The Morgan fingerprint density at radius 2 is 2.29 bits per heavy atom. The average molecular weight is 189 g/mol. The fraction of sp³-hybridized carbons (Fsp3) is 0.364. The van der Waals surface area contributed by atoms with E-state index in [4.69, 9.17) is 0 Å². The monoisotopic (exact) mass is 189 g/mol. The molecule has 0 aliphatic carbocycles. The maximum absolute atomic E-state index is 11.7. The molecule has 1 heterocycles. The van der Waals surface area contributed by atoms with Crippen LogP contribution in [0.2, 0.25) is 0 Å². The van der Waals surface area contributed by atoms with Crippen molar-refractivity contribution in [2.24, 2.45) is 5.92 Å². The molecule has 1 aliphatic heterocycles. The van der Waals surface area contributed by atoms with E-state index in [-0.39, 0.29) is 11.8 Å². The van der Waals surface area contributed by atoms with Gasteiger partial charge >= 0.3 is 0 Å². The van der Waals surface area contributed by atoms with Gasteiger partial charge in [0.1, 0.15) is 0 Å². The van der Waals surface area contributed by atoms with Crippen molar-refractivity contribution in [2.75, 3.05) is 18.4 Å². The number of anilines is 1. The van der Waals surface area contributed by atoms with Crippen LogP contribution in [0.3, 0.4) is 0 Å². The lowest BCUT2D eigenvalue weighted by Crippen LogP contribution is -2.24. The van der Waals surface area contributed by atoms with Gasteiger partial charge in [0.2, 0.25) is 5.91 Å². The summed E-state index contributed by atoms with van der Waals surface area (Å²) in [5.41, 5.74) is 0.848. The highest BCUT2D eigenvalue weighted by Gasteiger charge is 2.21. The smallest absolute Gasteiger partial charge is 0.228 e. The third-order valence-electron chi connectivity index (χ3n) is 2.42. The number of benzene rings is 1. The first-order valence-corrected chi connectivity index (χ1v) is 4.84. The molecule has 3 nitrogen and oxygen atoms in total. The van der Waals surface area contributed by atoms with Gasteiger partial charge in [0.15, 0.2) is 0 Å². The van der Waals surface area contributed by atoms with E-state index in [1.54, 1.807) is 12.1 Å². The predicted molar refractivity (Wildman–Crippen MR) is 54.9 cm³/mol. The number of carbonyl (C=O) groups excluding carboxylic acids is 1. The molecule has 3 heteroatoms. The van der Waals surface area contributed by atoms with Crippen molar-refractivity contribution in [1.29, 1.82) is 0 Å². The molecule has 2 rings (SSSR count). The Kier molecular flexibility index (Phi) is 2.79. The summed E-state index contributed by atoms with van der Waals surface area (Å²) in [6, 6.07) is 10.2. The molecule has 1 fully saturated rings. The highest BCUT2D eigenvalue weighted by Crippen LogP contribution is 2.12. The fourth-order valence-electron chi connectivity index (χ4n) is 1.59. The molecule has 0 bridgehead atoms. The lowest BCUT2D eigenvalue weighted by atomic mass is 10.1. The van der Waals surface area contributed by atoms with Crippen LogP contribution in [0.4, 0.5) is 5.69 Å². The largest absolute Gasteiger partial charge is 0.326 e. The Hall–Kier alpha value is -1.35. The first-order chi connectivity index (χ1) is 6.86. The zero-order chi connectivity index (χ0) is 9.80. The van der Waals surface area contributed by atoms with E-state index >= 15 is 0 Å². The minimum absolute atomic E-state index is 0.112. The van der Waals surface area contributed by atoms with E-state index in [9.17, 15) is 4.79 Å². The van der Waals surface area contributed by atoms with Crippen molar-refractivity contribution < 1.29 is 4.79 Å². The highest BCUT2D eigenvalue weighted by molar-refractivity contribution is 5.92. The average Bonchev–Trinajstić information content (AvgIpc) is 2.72. The van der Waals surface area contributed by atoms with E-state index < -0.39 is 0 Å². The summed E-state index contributed by atoms with van der Waals surface area (Å²) in [4.78, 5) is 11.7. The van der Waals surface area contributed by atoms with Crippen LogP contribution >= 0.6 is 0 Å². The molecule has 1 atom stereocenters. The van der Waals surface area contributed by atoms with Gasteiger partial charge in [-0.25, -0.2) is 0 Å². The van der Waals surface area contributed by atoms with Crippen molar-refractivity contribution >= 4 is 11.6 Å². The molecule has 73 valence electrons. The number of rotatable bonds is 2. The predicted octanol–water partition coefficient (Wildman–Crippen LogP) is 1.03. The molecular formula is C11H13N2O. The lowest BCUT2D eigenvalue weighted by Gasteiger charge is -2.09. The molecule has 14 heavy (non-hydrogen) atoms. The van der Waals surface area contributed by atoms with Crippen molar-refractivity contribution in [3.05, 3.63) is 30.3 Å². The van der Waals surface area contributed by atoms with E-state index in [0.29, 0.717) is 0 Å². The maximum Gasteiger partial charge on any atom is 0.228 e. The first kappa shape index (κ1) is 9.21. The van der Waals surface area contributed by atoms with Crippen molar-refractivity contribution in [2.45, 2.75) is 6.42 Å². The lowest BCUT2D eigenvalue weighted by molar-refractivity contribution is -0.119. The molecule has 2 N–H and O–H groups in total. The number of hydrogen-bond donors (Lipinski definition) is 2. The van der Waals surface area contributed by atoms with Crippen LogP contribution in [-0.2, 0) is 4.79 Å². The van der Waals surface area contributed by atoms with Crippen LogP contribution in [0.15, 0.2) is 24.3 Å². The van der Waals surface area contributed by atoms with Crippen LogP contribution in [-0.4, -0.2) is 19.0 Å². The van der Waals surface area contributed by atoms with Gasteiger partial charge < -0.3 is 10.6 Å². The third-order valence-corrected chi connectivity index (χ3v) is 2.42. The second-order valence-electron chi connectivity index (χ2n) is 3.47. The van der Waals surface area contributed by atoms with Gasteiger partial charge in [-0.2, -0.15) is 0 Å². The number of nitrogens with one attached hydrogen (secondary N) is 2. The first-order valence-electron chi connectivity index (χ1n) is 4.84. The number of carbonyl (C=O) groups is 1. The van der Waals surface area contributed by atoms with Crippen LogP contribution in [0.5, 0.6) is 0 Å². The Balaban J connectivity index is 1.94. The van der Waals surface area contributed by atoms with E-state index in [2.05, 4.69) is 16.7 Å². The molecule has 1 aliphatic rings. The summed E-state index contributed by atoms with van der Waals surface area (Å²) >= 11 is 0. The van der Waals surface area contributed by atoms with Crippen molar-refractivity contribution in [3.8, 4) is 0 Å². The normalized spacial score (nSPS) is 20.7. The van der Waals surface area contributed by atoms with E-state index in [1.165, 1.54) is 0 Å². The van der Waals surface area contributed by atoms with Crippen molar-refractivity contribution in [3.63, 3.8) is 0 Å². The molecule has 1 unspecified atom stereocenters. The van der Waals surface area contributed by atoms with Gasteiger partial charge in [0.05, 0.1) is 5.92 Å². The zero-order valence-electron chi connectivity index (χ0n) is 7.92. The highest BCUT2D eigenvalue weighted by atomic mass is 16.1. The van der Waals surface area contributed by atoms with Crippen LogP contribution < -0.4 is 10.6 Å². The van der Waals surface area contributed by atoms with Crippen LogP contribution in [0, 0.1) is 12.0 Å². The second-order valence-corrected chi connectivity index (χ2v) is 3.47. The van der Waals surface area contributed by atoms with E-state index in [1.807, 2.05) is 12.1 Å². The van der Waals surface area contributed by atoms with Gasteiger partial charge in [-0.05, 0) is 31.2 Å². The molecular weight excluding hydrogens is 176 g/mol. The quantitative estimate of drug-likeness (QED) is 0.729. The minimum Gasteiger partial charge on any atom is -0.326 e. The topological polar surface area (TPSA) is 41.1 Å². The second kappa shape index (κ2) is 4.24. The third kappa shape index (κ3) is 2.12. The van der Waals surface area contributed by atoms with Gasteiger partial charge in [0.25, 0.3) is 0 Å². The molecule has 0 spiro atoms. The van der Waals surface area contributed by atoms with Gasteiger partial charge in [-0.3, -0.25) is 4.79 Å². The summed E-state index contributed by atoms with van der Waals surface area (Å²) in [6.45, 7) is 1.74. The molecule has 1 aromatic rings. The summed E-state index contributed by atoms with van der Waals surface area (Å²) in [5, 5.41) is 6.06. The summed E-state index contributed by atoms with van der Waals surface area (Å²) in [7, 11) is 0. The van der Waals surface area contributed by atoms with Crippen molar-refractivity contribution in [1.82, 2.24) is 5.32 Å². The summed E-state index contributed by atoms with van der Waals surface area (Å²) < 4.78 is 0. The molecule has 1 radical (unpaired) electrons. The number of amides is 1. The SMILES string of the molecule is O=C(Nc1cc[c]cc1)C1CCNC1. The maximum atomic E-state index is 11.7. The van der Waals surface area contributed by atoms with Gasteiger partial charge in [-0.15, -0.1) is 0 Å². The standard InChI is InChI=1S/C11H13N2O/c14-11(9-6-7-12-8-9)13-10-4-2-1-3-5-10/h2-5,9,12H,6-8H2,(H,13,14).